The largest absolute Gasteiger partial charge is 0.339 e. The van der Waals surface area contributed by atoms with Gasteiger partial charge in [-0.3, -0.25) is 20.4 Å². The Balaban J connectivity index is 1.67. The van der Waals surface area contributed by atoms with Crippen LogP contribution < -0.4 is 10.9 Å². The molecule has 0 aliphatic rings. The van der Waals surface area contributed by atoms with Gasteiger partial charge >= 0.3 is 0 Å². The average Bonchev–Trinajstić information content (AvgIpc) is 3.30. The van der Waals surface area contributed by atoms with Crippen molar-refractivity contribution >= 4 is 33.2 Å². The van der Waals surface area contributed by atoms with Crippen LogP contribution in [0.3, 0.4) is 0 Å². The van der Waals surface area contributed by atoms with Crippen LogP contribution >= 0.6 is 11.3 Å². The number of carbonyl (C=O) groups excluding carboxylic acids is 2. The molecule has 2 amide bonds. The number of nitrogens with zero attached hydrogens (tertiary/aromatic N) is 3. The lowest BCUT2D eigenvalue weighted by Crippen LogP contribution is -2.43. The van der Waals surface area contributed by atoms with Gasteiger partial charge < -0.3 is 4.57 Å². The molecule has 1 aromatic carbocycles. The standard InChI is InChI=1S/C21H25N5O4S2/c1-13-9-18(19-12-31-15(3)22-19)14(2)26(13)11-20(27)23-24-21(28)16-7-6-8-17(10-16)32(29,30)25(4)5/h6-10,12H,11H2,1-5H3,(H,23,27)(H,24,28). The first-order valence-corrected chi connectivity index (χ1v) is 12.0. The monoisotopic (exact) mass is 475 g/mol. The van der Waals surface area contributed by atoms with E-state index < -0.39 is 21.8 Å². The zero-order valence-corrected chi connectivity index (χ0v) is 20.1. The van der Waals surface area contributed by atoms with Crippen molar-refractivity contribution in [3.8, 4) is 11.3 Å². The van der Waals surface area contributed by atoms with E-state index in [-0.39, 0.29) is 17.0 Å². The molecule has 0 saturated carbocycles. The fourth-order valence-corrected chi connectivity index (χ4v) is 4.74. The van der Waals surface area contributed by atoms with Gasteiger partial charge in [-0.05, 0) is 45.0 Å². The fraction of sp³-hybridized carbons (Fsp3) is 0.286. The van der Waals surface area contributed by atoms with Crippen molar-refractivity contribution in [1.29, 1.82) is 0 Å². The third kappa shape index (κ3) is 4.90. The van der Waals surface area contributed by atoms with Gasteiger partial charge in [-0.1, -0.05) is 6.07 Å². The van der Waals surface area contributed by atoms with Crippen molar-refractivity contribution in [3.63, 3.8) is 0 Å². The van der Waals surface area contributed by atoms with E-state index in [2.05, 4.69) is 15.8 Å². The number of hydrogen-bond acceptors (Lipinski definition) is 6. The summed E-state index contributed by atoms with van der Waals surface area (Å²) in [5.41, 5.74) is 8.46. The molecule has 32 heavy (non-hydrogen) atoms. The van der Waals surface area contributed by atoms with Gasteiger partial charge in [0, 0.05) is 42.0 Å². The van der Waals surface area contributed by atoms with Crippen LogP contribution in [0.25, 0.3) is 11.3 Å². The molecule has 0 fully saturated rings. The third-order valence-corrected chi connectivity index (χ3v) is 7.55. The van der Waals surface area contributed by atoms with Gasteiger partial charge in [0.15, 0.2) is 0 Å². The number of rotatable bonds is 6. The predicted molar refractivity (Wildman–Crippen MR) is 123 cm³/mol. The summed E-state index contributed by atoms with van der Waals surface area (Å²) in [6.45, 7) is 5.77. The van der Waals surface area contributed by atoms with E-state index in [9.17, 15) is 18.0 Å². The van der Waals surface area contributed by atoms with Crippen LogP contribution in [0.15, 0.2) is 40.6 Å². The molecule has 0 spiro atoms. The summed E-state index contributed by atoms with van der Waals surface area (Å²) in [7, 11) is -0.853. The molecule has 2 N–H and O–H groups in total. The van der Waals surface area contributed by atoms with Crippen molar-refractivity contribution in [2.24, 2.45) is 0 Å². The Hall–Kier alpha value is -3.02. The SMILES string of the molecule is Cc1nc(-c2cc(C)n(CC(=O)NNC(=O)c3cccc(S(=O)(=O)N(C)C)c3)c2C)cs1. The molecule has 170 valence electrons. The maximum Gasteiger partial charge on any atom is 0.269 e. The van der Waals surface area contributed by atoms with E-state index >= 15 is 0 Å². The highest BCUT2D eigenvalue weighted by Crippen LogP contribution is 2.27. The Morgan fingerprint density at radius 3 is 2.47 bits per heavy atom. The predicted octanol–water partition coefficient (Wildman–Crippen LogP) is 2.25. The van der Waals surface area contributed by atoms with E-state index in [1.165, 1.54) is 38.4 Å². The summed E-state index contributed by atoms with van der Waals surface area (Å²) in [6, 6.07) is 7.59. The number of aryl methyl sites for hydroxylation is 2. The van der Waals surface area contributed by atoms with E-state index in [4.69, 9.17) is 0 Å². The van der Waals surface area contributed by atoms with Crippen LogP contribution in [0.5, 0.6) is 0 Å². The zero-order chi connectivity index (χ0) is 23.6. The summed E-state index contributed by atoms with van der Waals surface area (Å²) in [5, 5.41) is 2.94. The minimum absolute atomic E-state index is 0.00938. The third-order valence-electron chi connectivity index (χ3n) is 4.96. The highest BCUT2D eigenvalue weighted by molar-refractivity contribution is 7.89. The molecule has 2 heterocycles. The summed E-state index contributed by atoms with van der Waals surface area (Å²) in [4.78, 5) is 29.4. The van der Waals surface area contributed by atoms with Crippen LogP contribution in [-0.2, 0) is 21.4 Å². The van der Waals surface area contributed by atoms with Gasteiger partial charge in [0.05, 0.1) is 15.6 Å². The second-order valence-corrected chi connectivity index (χ2v) is 10.7. The molecular weight excluding hydrogens is 450 g/mol. The average molecular weight is 476 g/mol. The Morgan fingerprint density at radius 2 is 1.84 bits per heavy atom. The number of benzene rings is 1. The van der Waals surface area contributed by atoms with Crippen LogP contribution in [0.2, 0.25) is 0 Å². The first kappa shape index (κ1) is 23.6. The normalized spacial score (nSPS) is 11.6. The number of sulfonamides is 1. The summed E-state index contributed by atoms with van der Waals surface area (Å²) in [5.74, 6) is -1.04. The Bertz CT molecular complexity index is 1280. The lowest BCUT2D eigenvalue weighted by atomic mass is 10.2. The van der Waals surface area contributed by atoms with Gasteiger partial charge in [-0.25, -0.2) is 17.7 Å². The molecule has 0 unspecified atom stereocenters. The highest BCUT2D eigenvalue weighted by Gasteiger charge is 2.19. The molecule has 9 nitrogen and oxygen atoms in total. The zero-order valence-electron chi connectivity index (χ0n) is 18.5. The molecule has 11 heteroatoms. The Labute approximate surface area is 191 Å². The smallest absolute Gasteiger partial charge is 0.269 e. The topological polar surface area (TPSA) is 113 Å². The molecule has 0 radical (unpaired) electrons. The number of hydrazine groups is 1. The fourth-order valence-electron chi connectivity index (χ4n) is 3.18. The van der Waals surface area contributed by atoms with Crippen LogP contribution in [0.4, 0.5) is 0 Å². The summed E-state index contributed by atoms with van der Waals surface area (Å²) >= 11 is 1.56. The van der Waals surface area contributed by atoms with E-state index in [1.807, 2.05) is 36.8 Å². The van der Waals surface area contributed by atoms with Gasteiger partial charge in [0.2, 0.25) is 10.0 Å². The second-order valence-electron chi connectivity index (χ2n) is 7.44. The Morgan fingerprint density at radius 1 is 1.12 bits per heavy atom. The highest BCUT2D eigenvalue weighted by atomic mass is 32.2. The number of nitrogens with one attached hydrogen (secondary N) is 2. The molecular formula is C21H25N5O4S2. The Kier molecular flexibility index (Phi) is 6.82. The van der Waals surface area contributed by atoms with E-state index in [0.29, 0.717) is 0 Å². The maximum absolute atomic E-state index is 12.5. The van der Waals surface area contributed by atoms with E-state index in [0.717, 1.165) is 32.0 Å². The quantitative estimate of drug-likeness (QED) is 0.531. The summed E-state index contributed by atoms with van der Waals surface area (Å²) in [6.07, 6.45) is 0. The second kappa shape index (κ2) is 9.23. The van der Waals surface area contributed by atoms with Crippen molar-refractivity contribution in [1.82, 2.24) is 24.7 Å². The molecule has 2 aromatic heterocycles. The van der Waals surface area contributed by atoms with Crippen molar-refractivity contribution < 1.29 is 18.0 Å². The van der Waals surface area contributed by atoms with Gasteiger partial charge in [-0.2, -0.15) is 0 Å². The minimum atomic E-state index is -3.68. The lowest BCUT2D eigenvalue weighted by molar-refractivity contribution is -0.122. The van der Waals surface area contributed by atoms with E-state index in [1.54, 1.807) is 11.3 Å². The van der Waals surface area contributed by atoms with Gasteiger partial charge in [0.25, 0.3) is 11.8 Å². The first-order valence-electron chi connectivity index (χ1n) is 9.71. The van der Waals surface area contributed by atoms with Crippen molar-refractivity contribution in [2.45, 2.75) is 32.2 Å². The first-order chi connectivity index (χ1) is 15.0. The minimum Gasteiger partial charge on any atom is -0.339 e. The number of amides is 2. The molecule has 0 saturated heterocycles. The van der Waals surface area contributed by atoms with Crippen LogP contribution in [0, 0.1) is 20.8 Å². The maximum atomic E-state index is 12.5. The molecule has 0 aliphatic carbocycles. The van der Waals surface area contributed by atoms with Crippen molar-refractivity contribution in [2.75, 3.05) is 14.1 Å². The lowest BCUT2D eigenvalue weighted by Gasteiger charge is -2.13. The number of thiazole rings is 1. The molecule has 0 bridgehead atoms. The van der Waals surface area contributed by atoms with Crippen molar-refractivity contribution in [3.05, 3.63) is 57.7 Å². The van der Waals surface area contributed by atoms with Crippen LogP contribution in [0.1, 0.15) is 26.8 Å². The number of hydrogen-bond donors (Lipinski definition) is 2. The number of aromatic nitrogens is 2. The molecule has 0 aliphatic heterocycles. The summed E-state index contributed by atoms with van der Waals surface area (Å²) < 4.78 is 27.4. The molecule has 3 rings (SSSR count). The van der Waals surface area contributed by atoms with Gasteiger partial charge in [0.1, 0.15) is 6.54 Å². The molecule has 0 atom stereocenters. The number of carbonyl (C=O) groups is 2. The van der Waals surface area contributed by atoms with Crippen LogP contribution in [-0.4, -0.2) is 48.2 Å². The van der Waals surface area contributed by atoms with Gasteiger partial charge in [-0.15, -0.1) is 11.3 Å². The molecule has 3 aromatic rings.